The highest BCUT2D eigenvalue weighted by Gasteiger charge is 2.37. The maximum absolute atomic E-state index is 11.7. The van der Waals surface area contributed by atoms with Crippen LogP contribution in [-0.4, -0.2) is 27.7 Å². The van der Waals surface area contributed by atoms with Crippen molar-refractivity contribution < 1.29 is 4.79 Å². The molecule has 0 bridgehead atoms. The van der Waals surface area contributed by atoms with Crippen LogP contribution in [0.5, 0.6) is 0 Å². The quantitative estimate of drug-likeness (QED) is 0.703. The second kappa shape index (κ2) is 3.99. The van der Waals surface area contributed by atoms with Crippen LogP contribution in [-0.2, 0) is 4.79 Å². The Labute approximate surface area is 88.8 Å². The van der Waals surface area contributed by atoms with Gasteiger partial charge in [0, 0.05) is 12.1 Å². The first-order valence-electron chi connectivity index (χ1n) is 4.94. The van der Waals surface area contributed by atoms with Crippen molar-refractivity contribution >= 4 is 21.8 Å². The molecule has 0 radical (unpaired) electrons. The molecule has 1 saturated heterocycles. The van der Waals surface area contributed by atoms with Crippen molar-refractivity contribution in [2.75, 3.05) is 6.54 Å². The number of carbonyl (C=O) groups excluding carboxylic acids is 1. The summed E-state index contributed by atoms with van der Waals surface area (Å²) in [5.41, 5.74) is 0.0361. The molecule has 76 valence electrons. The highest BCUT2D eigenvalue weighted by molar-refractivity contribution is 9.10. The Hall–Kier alpha value is -0.0500. The number of amides is 1. The maximum Gasteiger partial charge on any atom is 0.236 e. The van der Waals surface area contributed by atoms with Gasteiger partial charge in [-0.1, -0.05) is 29.3 Å². The predicted octanol–water partition coefficient (Wildman–Crippen LogP) is 2.56. The molecular formula is C10H18BrNO. The van der Waals surface area contributed by atoms with E-state index in [0.29, 0.717) is 0 Å². The summed E-state index contributed by atoms with van der Waals surface area (Å²) < 4.78 is 0. The molecular weight excluding hydrogens is 230 g/mol. The van der Waals surface area contributed by atoms with Crippen molar-refractivity contribution in [2.45, 2.75) is 50.4 Å². The van der Waals surface area contributed by atoms with E-state index in [-0.39, 0.29) is 16.3 Å². The lowest BCUT2D eigenvalue weighted by atomic mass is 9.97. The Bertz CT molecular complexity index is 203. The number of alkyl halides is 1. The zero-order valence-corrected chi connectivity index (χ0v) is 10.2. The van der Waals surface area contributed by atoms with Crippen molar-refractivity contribution in [3.8, 4) is 0 Å². The Morgan fingerprint density at radius 3 is 2.62 bits per heavy atom. The fourth-order valence-corrected chi connectivity index (χ4v) is 2.44. The molecule has 0 aliphatic carbocycles. The second-order valence-corrected chi connectivity index (χ2v) is 5.41. The van der Waals surface area contributed by atoms with E-state index in [9.17, 15) is 4.79 Å². The summed E-state index contributed by atoms with van der Waals surface area (Å²) in [6.45, 7) is 7.37. The first-order valence-corrected chi connectivity index (χ1v) is 5.86. The molecule has 1 rings (SSSR count). The lowest BCUT2D eigenvalue weighted by Gasteiger charge is -2.35. The summed E-state index contributed by atoms with van der Waals surface area (Å²) in [7, 11) is 0. The molecule has 2 nitrogen and oxygen atoms in total. The van der Waals surface area contributed by atoms with E-state index >= 15 is 0 Å². The standard InChI is InChI=1S/C10H18BrNO/c1-4-6-10(2,3)12-7-5-8(11)9(12)13/h8H,4-7H2,1-3H3. The second-order valence-electron chi connectivity index (χ2n) is 4.31. The number of hydrogen-bond donors (Lipinski definition) is 0. The van der Waals surface area contributed by atoms with Gasteiger partial charge in [-0.05, 0) is 26.7 Å². The third kappa shape index (κ3) is 2.25. The van der Waals surface area contributed by atoms with Crippen molar-refractivity contribution in [1.82, 2.24) is 4.90 Å². The minimum atomic E-state index is 0.0361. The van der Waals surface area contributed by atoms with Gasteiger partial charge in [0.05, 0.1) is 4.83 Å². The average Bonchev–Trinajstić information content (AvgIpc) is 2.33. The first-order chi connectivity index (χ1) is 5.99. The molecule has 0 spiro atoms. The largest absolute Gasteiger partial charge is 0.337 e. The number of carbonyl (C=O) groups is 1. The van der Waals surface area contributed by atoms with Gasteiger partial charge in [-0.15, -0.1) is 0 Å². The van der Waals surface area contributed by atoms with Crippen LogP contribution < -0.4 is 0 Å². The molecule has 0 saturated carbocycles. The topological polar surface area (TPSA) is 20.3 Å². The molecule has 1 amide bonds. The first kappa shape index (κ1) is 11.0. The highest BCUT2D eigenvalue weighted by atomic mass is 79.9. The third-order valence-electron chi connectivity index (χ3n) is 2.73. The summed E-state index contributed by atoms with van der Waals surface area (Å²) in [6.07, 6.45) is 3.16. The van der Waals surface area contributed by atoms with Gasteiger partial charge in [-0.2, -0.15) is 0 Å². The minimum Gasteiger partial charge on any atom is -0.337 e. The third-order valence-corrected chi connectivity index (χ3v) is 3.58. The van der Waals surface area contributed by atoms with Gasteiger partial charge in [0.25, 0.3) is 0 Å². The van der Waals surface area contributed by atoms with E-state index < -0.39 is 0 Å². The summed E-state index contributed by atoms with van der Waals surface area (Å²) in [4.78, 5) is 13.8. The van der Waals surface area contributed by atoms with E-state index in [4.69, 9.17) is 0 Å². The molecule has 1 aliphatic heterocycles. The molecule has 13 heavy (non-hydrogen) atoms. The molecule has 1 heterocycles. The van der Waals surface area contributed by atoms with Gasteiger partial charge >= 0.3 is 0 Å². The number of nitrogens with zero attached hydrogens (tertiary/aromatic N) is 1. The SMILES string of the molecule is CCCC(C)(C)N1CCC(Br)C1=O. The van der Waals surface area contributed by atoms with Crippen LogP contribution in [0.1, 0.15) is 40.0 Å². The Morgan fingerprint density at radius 1 is 1.62 bits per heavy atom. The summed E-state index contributed by atoms with van der Waals surface area (Å²) >= 11 is 3.40. The van der Waals surface area contributed by atoms with Crippen molar-refractivity contribution in [3.05, 3.63) is 0 Å². The predicted molar refractivity (Wildman–Crippen MR) is 58.0 cm³/mol. The summed E-state index contributed by atoms with van der Waals surface area (Å²) in [6, 6.07) is 0. The Kier molecular flexibility index (Phi) is 3.38. The van der Waals surface area contributed by atoms with Crippen LogP contribution >= 0.6 is 15.9 Å². The zero-order valence-electron chi connectivity index (χ0n) is 8.64. The zero-order chi connectivity index (χ0) is 10.1. The summed E-state index contributed by atoms with van der Waals surface area (Å²) in [5, 5.41) is 0. The molecule has 0 aromatic heterocycles. The van der Waals surface area contributed by atoms with Gasteiger partial charge in [0.1, 0.15) is 0 Å². The lowest BCUT2D eigenvalue weighted by Crippen LogP contribution is -2.45. The van der Waals surface area contributed by atoms with Crippen molar-refractivity contribution in [1.29, 1.82) is 0 Å². The molecule has 1 unspecified atom stereocenters. The van der Waals surface area contributed by atoms with Crippen LogP contribution in [0, 0.1) is 0 Å². The molecule has 0 aromatic rings. The van der Waals surface area contributed by atoms with E-state index in [1.165, 1.54) is 0 Å². The molecule has 1 aliphatic rings. The van der Waals surface area contributed by atoms with Gasteiger partial charge in [0.2, 0.25) is 5.91 Å². The monoisotopic (exact) mass is 247 g/mol. The molecule has 1 fully saturated rings. The Balaban J connectivity index is 2.66. The average molecular weight is 248 g/mol. The molecule has 1 atom stereocenters. The van der Waals surface area contributed by atoms with E-state index in [2.05, 4.69) is 36.7 Å². The number of halogens is 1. The van der Waals surface area contributed by atoms with E-state index in [0.717, 1.165) is 25.8 Å². The van der Waals surface area contributed by atoms with Crippen molar-refractivity contribution in [3.63, 3.8) is 0 Å². The fourth-order valence-electron chi connectivity index (χ4n) is 1.99. The van der Waals surface area contributed by atoms with Crippen LogP contribution in [0.25, 0.3) is 0 Å². The molecule has 0 N–H and O–H groups in total. The molecule has 3 heteroatoms. The maximum atomic E-state index is 11.7. The smallest absolute Gasteiger partial charge is 0.236 e. The van der Waals surface area contributed by atoms with Crippen LogP contribution in [0.4, 0.5) is 0 Å². The van der Waals surface area contributed by atoms with Gasteiger partial charge < -0.3 is 4.90 Å². The Morgan fingerprint density at radius 2 is 2.23 bits per heavy atom. The normalized spacial score (nSPS) is 24.2. The van der Waals surface area contributed by atoms with Gasteiger partial charge in [0.15, 0.2) is 0 Å². The lowest BCUT2D eigenvalue weighted by molar-refractivity contribution is -0.131. The number of rotatable bonds is 3. The number of likely N-dealkylation sites (tertiary alicyclic amines) is 1. The minimum absolute atomic E-state index is 0.0361. The van der Waals surface area contributed by atoms with E-state index in [1.54, 1.807) is 0 Å². The van der Waals surface area contributed by atoms with Crippen LogP contribution in [0.3, 0.4) is 0 Å². The van der Waals surface area contributed by atoms with Crippen LogP contribution in [0.15, 0.2) is 0 Å². The van der Waals surface area contributed by atoms with Gasteiger partial charge in [-0.3, -0.25) is 4.79 Å². The van der Waals surface area contributed by atoms with E-state index in [1.807, 2.05) is 4.90 Å². The highest BCUT2D eigenvalue weighted by Crippen LogP contribution is 2.29. The summed E-state index contributed by atoms with van der Waals surface area (Å²) in [5.74, 6) is 0.262. The fraction of sp³-hybridized carbons (Fsp3) is 0.900. The van der Waals surface area contributed by atoms with Gasteiger partial charge in [-0.25, -0.2) is 0 Å². The molecule has 0 aromatic carbocycles. The number of hydrogen-bond acceptors (Lipinski definition) is 1. The van der Waals surface area contributed by atoms with Crippen molar-refractivity contribution in [2.24, 2.45) is 0 Å². The van der Waals surface area contributed by atoms with Crippen LogP contribution in [0.2, 0.25) is 0 Å².